The van der Waals surface area contributed by atoms with Crippen molar-refractivity contribution >= 4 is 27.8 Å². The summed E-state index contributed by atoms with van der Waals surface area (Å²) in [5, 5.41) is 0. The Kier molecular flexibility index (Phi) is 6.70. The molecular weight excluding hydrogens is 310 g/mol. The summed E-state index contributed by atoms with van der Waals surface area (Å²) >= 11 is 1.33. The van der Waals surface area contributed by atoms with Crippen LogP contribution >= 0.6 is 11.8 Å². The number of ether oxygens (including phenoxy) is 1. The summed E-state index contributed by atoms with van der Waals surface area (Å²) in [7, 11) is -2.21. The Morgan fingerprint density at radius 1 is 1.29 bits per heavy atom. The van der Waals surface area contributed by atoms with Gasteiger partial charge in [0.2, 0.25) is 10.0 Å². The zero-order chi connectivity index (χ0) is 16.0. The molecule has 5 nitrogen and oxygen atoms in total. The van der Waals surface area contributed by atoms with E-state index < -0.39 is 10.0 Å². The van der Waals surface area contributed by atoms with Crippen molar-refractivity contribution in [2.24, 2.45) is 5.92 Å². The molecule has 118 valence electrons. The lowest BCUT2D eigenvalue weighted by atomic mass is 10.2. The molecule has 0 spiro atoms. The molecule has 0 saturated heterocycles. The number of carbonyl (C=O) groups is 1. The molecule has 1 N–H and O–H groups in total. The Morgan fingerprint density at radius 2 is 1.90 bits per heavy atom. The van der Waals surface area contributed by atoms with Crippen LogP contribution in [0, 0.1) is 5.92 Å². The first-order valence-electron chi connectivity index (χ1n) is 6.60. The van der Waals surface area contributed by atoms with Crippen molar-refractivity contribution in [3.63, 3.8) is 0 Å². The van der Waals surface area contributed by atoms with Crippen LogP contribution in [0.5, 0.6) is 0 Å². The minimum atomic E-state index is -3.55. The molecule has 7 heteroatoms. The number of thioether (sulfide) groups is 1. The molecule has 0 aliphatic heterocycles. The highest BCUT2D eigenvalue weighted by atomic mass is 32.2. The molecule has 0 amide bonds. The number of rotatable bonds is 7. The number of hydrogen-bond acceptors (Lipinski definition) is 5. The van der Waals surface area contributed by atoms with Crippen molar-refractivity contribution in [3.8, 4) is 0 Å². The zero-order valence-electron chi connectivity index (χ0n) is 12.6. The smallest absolute Gasteiger partial charge is 0.309 e. The van der Waals surface area contributed by atoms with Gasteiger partial charge in [-0.1, -0.05) is 19.1 Å². The van der Waals surface area contributed by atoms with Gasteiger partial charge in [-0.25, -0.2) is 13.1 Å². The molecule has 0 aliphatic carbocycles. The maximum atomic E-state index is 12.3. The second-order valence-electron chi connectivity index (χ2n) is 4.96. The summed E-state index contributed by atoms with van der Waals surface area (Å²) in [5.74, 6) is -0.141. The van der Waals surface area contributed by atoms with E-state index in [0.29, 0.717) is 10.6 Å². The Balaban J connectivity index is 2.93. The molecule has 1 aromatic rings. The molecule has 0 heterocycles. The van der Waals surface area contributed by atoms with Crippen molar-refractivity contribution < 1.29 is 17.9 Å². The molecule has 0 aromatic heterocycles. The largest absolute Gasteiger partial charge is 0.469 e. The molecule has 0 aliphatic rings. The van der Waals surface area contributed by atoms with Gasteiger partial charge in [0.05, 0.1) is 17.9 Å². The number of carbonyl (C=O) groups excluding carboxylic acids is 1. The van der Waals surface area contributed by atoms with Gasteiger partial charge in [0, 0.05) is 16.7 Å². The Bertz CT molecular complexity index is 584. The number of hydrogen-bond donors (Lipinski definition) is 1. The summed E-state index contributed by atoms with van der Waals surface area (Å²) < 4.78 is 31.8. The second kappa shape index (κ2) is 7.82. The average Bonchev–Trinajstić information content (AvgIpc) is 2.42. The number of esters is 1. The summed E-state index contributed by atoms with van der Waals surface area (Å²) in [6.45, 7) is 5.29. The lowest BCUT2D eigenvalue weighted by molar-refractivity contribution is -0.143. The number of methoxy groups -OCH3 is 1. The summed E-state index contributed by atoms with van der Waals surface area (Å²) in [5.41, 5.74) is 0. The average molecular weight is 331 g/mol. The fourth-order valence-electron chi connectivity index (χ4n) is 1.65. The molecule has 21 heavy (non-hydrogen) atoms. The predicted octanol–water partition coefficient (Wildman–Crippen LogP) is 2.27. The third-order valence-corrected chi connectivity index (χ3v) is 5.80. The normalized spacial score (nSPS) is 13.2. The lowest BCUT2D eigenvalue weighted by Crippen LogP contribution is -2.30. The topological polar surface area (TPSA) is 72.5 Å². The van der Waals surface area contributed by atoms with E-state index in [1.165, 1.54) is 18.9 Å². The van der Waals surface area contributed by atoms with Crippen LogP contribution in [0.25, 0.3) is 0 Å². The van der Waals surface area contributed by atoms with Gasteiger partial charge < -0.3 is 4.74 Å². The SMILES string of the molecule is COC(=O)C(C)CSc1ccccc1S(=O)(=O)NC(C)C. The van der Waals surface area contributed by atoms with E-state index >= 15 is 0 Å². The van der Waals surface area contributed by atoms with Crippen molar-refractivity contribution in [2.45, 2.75) is 36.6 Å². The van der Waals surface area contributed by atoms with Crippen molar-refractivity contribution in [1.82, 2.24) is 4.72 Å². The zero-order valence-corrected chi connectivity index (χ0v) is 14.3. The van der Waals surface area contributed by atoms with E-state index in [0.717, 1.165) is 0 Å². The third kappa shape index (κ3) is 5.33. The standard InChI is InChI=1S/C14H21NO4S2/c1-10(2)15-21(17,18)13-8-6-5-7-12(13)20-9-11(3)14(16)19-4/h5-8,10-11,15H,9H2,1-4H3. The highest BCUT2D eigenvalue weighted by molar-refractivity contribution is 8.00. The quantitative estimate of drug-likeness (QED) is 0.613. The molecule has 0 radical (unpaired) electrons. The van der Waals surface area contributed by atoms with Crippen LogP contribution < -0.4 is 4.72 Å². The highest BCUT2D eigenvalue weighted by Gasteiger charge is 2.21. The van der Waals surface area contributed by atoms with Crippen LogP contribution in [0.3, 0.4) is 0 Å². The molecule has 0 saturated carbocycles. The first-order chi connectivity index (χ1) is 9.77. The van der Waals surface area contributed by atoms with Gasteiger partial charge in [0.25, 0.3) is 0 Å². The lowest BCUT2D eigenvalue weighted by Gasteiger charge is -2.14. The molecule has 1 aromatic carbocycles. The van der Waals surface area contributed by atoms with E-state index in [9.17, 15) is 13.2 Å². The Labute approximate surface area is 130 Å². The number of benzene rings is 1. The molecule has 1 unspecified atom stereocenters. The van der Waals surface area contributed by atoms with Gasteiger partial charge in [-0.15, -0.1) is 11.8 Å². The Hall–Kier alpha value is -1.05. The van der Waals surface area contributed by atoms with Crippen molar-refractivity contribution in [2.75, 3.05) is 12.9 Å². The highest BCUT2D eigenvalue weighted by Crippen LogP contribution is 2.28. The van der Waals surface area contributed by atoms with Crippen LogP contribution in [0.2, 0.25) is 0 Å². The van der Waals surface area contributed by atoms with E-state index in [-0.39, 0.29) is 22.8 Å². The minimum Gasteiger partial charge on any atom is -0.469 e. The fourth-order valence-corrected chi connectivity index (χ4v) is 4.44. The fraction of sp³-hybridized carbons (Fsp3) is 0.500. The van der Waals surface area contributed by atoms with Crippen LogP contribution in [0.1, 0.15) is 20.8 Å². The molecule has 1 atom stereocenters. The van der Waals surface area contributed by atoms with Gasteiger partial charge >= 0.3 is 5.97 Å². The minimum absolute atomic E-state index is 0.179. The maximum Gasteiger partial charge on any atom is 0.309 e. The first-order valence-corrected chi connectivity index (χ1v) is 9.06. The van der Waals surface area contributed by atoms with E-state index in [2.05, 4.69) is 9.46 Å². The second-order valence-corrected chi connectivity index (χ2v) is 7.70. The van der Waals surface area contributed by atoms with E-state index in [1.54, 1.807) is 45.0 Å². The van der Waals surface area contributed by atoms with Crippen molar-refractivity contribution in [3.05, 3.63) is 24.3 Å². The molecular formula is C14H21NO4S2. The molecule has 0 bridgehead atoms. The van der Waals surface area contributed by atoms with Crippen LogP contribution in [-0.4, -0.2) is 33.3 Å². The Morgan fingerprint density at radius 3 is 2.48 bits per heavy atom. The van der Waals surface area contributed by atoms with Gasteiger partial charge in [-0.05, 0) is 26.0 Å². The summed E-state index contributed by atoms with van der Waals surface area (Å²) in [6.07, 6.45) is 0. The van der Waals surface area contributed by atoms with Gasteiger partial charge in [-0.2, -0.15) is 0 Å². The third-order valence-electron chi connectivity index (χ3n) is 2.62. The molecule has 0 fully saturated rings. The number of sulfonamides is 1. The van der Waals surface area contributed by atoms with Gasteiger partial charge in [0.1, 0.15) is 0 Å². The monoisotopic (exact) mass is 331 g/mol. The summed E-state index contributed by atoms with van der Waals surface area (Å²) in [6, 6.07) is 6.59. The maximum absolute atomic E-state index is 12.3. The van der Waals surface area contributed by atoms with Crippen LogP contribution in [0.4, 0.5) is 0 Å². The molecule has 1 rings (SSSR count). The van der Waals surface area contributed by atoms with Crippen LogP contribution in [0.15, 0.2) is 34.1 Å². The van der Waals surface area contributed by atoms with Crippen molar-refractivity contribution in [1.29, 1.82) is 0 Å². The van der Waals surface area contributed by atoms with Gasteiger partial charge in [-0.3, -0.25) is 4.79 Å². The first kappa shape index (κ1) is 18.0. The van der Waals surface area contributed by atoms with E-state index in [4.69, 9.17) is 0 Å². The van der Waals surface area contributed by atoms with Gasteiger partial charge in [0.15, 0.2) is 0 Å². The summed E-state index contributed by atoms with van der Waals surface area (Å²) in [4.78, 5) is 12.3. The van der Waals surface area contributed by atoms with E-state index in [1.807, 2.05) is 0 Å². The van der Waals surface area contributed by atoms with Crippen LogP contribution in [-0.2, 0) is 19.6 Å². The number of nitrogens with one attached hydrogen (secondary N) is 1. The predicted molar refractivity (Wildman–Crippen MR) is 83.8 cm³/mol.